The van der Waals surface area contributed by atoms with E-state index in [1.165, 1.54) is 0 Å². The molecule has 0 amide bonds. The molecule has 62 valence electrons. The van der Waals surface area contributed by atoms with Gasteiger partial charge in [0, 0.05) is 0 Å². The Balaban J connectivity index is 3.46. The molecule has 0 heterocycles. The molecule has 0 bridgehead atoms. The summed E-state index contributed by atoms with van der Waals surface area (Å²) in [7, 11) is 1.90. The first-order chi connectivity index (χ1) is 4.57. The van der Waals surface area contributed by atoms with Gasteiger partial charge in [-0.3, -0.25) is 5.32 Å². The molecule has 1 N–H and O–H groups in total. The first-order valence-electron chi connectivity index (χ1n) is 3.90. The fourth-order valence-electron chi connectivity index (χ4n) is 0.547. The predicted molar refractivity (Wildman–Crippen MR) is 43.9 cm³/mol. The molecule has 0 saturated carbocycles. The van der Waals surface area contributed by atoms with Crippen molar-refractivity contribution < 1.29 is 4.74 Å². The summed E-state index contributed by atoms with van der Waals surface area (Å²) < 4.78 is 5.55. The summed E-state index contributed by atoms with van der Waals surface area (Å²) in [6, 6.07) is 0. The zero-order valence-electron chi connectivity index (χ0n) is 7.64. The minimum Gasteiger partial charge on any atom is -0.360 e. The van der Waals surface area contributed by atoms with Crippen molar-refractivity contribution in [2.75, 3.05) is 7.05 Å². The summed E-state index contributed by atoms with van der Waals surface area (Å²) in [6.07, 6.45) is 0.500. The summed E-state index contributed by atoms with van der Waals surface area (Å²) in [4.78, 5) is 0. The van der Waals surface area contributed by atoms with Crippen molar-refractivity contribution in [2.45, 2.75) is 40.0 Å². The molecular weight excluding hydrogens is 126 g/mol. The summed E-state index contributed by atoms with van der Waals surface area (Å²) in [5.74, 6) is 0.593. The van der Waals surface area contributed by atoms with Gasteiger partial charge in [-0.05, 0) is 26.8 Å². The van der Waals surface area contributed by atoms with Crippen LogP contribution in [0, 0.1) is 5.92 Å². The van der Waals surface area contributed by atoms with Crippen LogP contribution in [0.2, 0.25) is 0 Å². The SMILES string of the molecule is CN[C@@H](C)OC(C)C(C)C. The fraction of sp³-hybridized carbons (Fsp3) is 1.00. The van der Waals surface area contributed by atoms with Crippen LogP contribution in [0.1, 0.15) is 27.7 Å². The van der Waals surface area contributed by atoms with Gasteiger partial charge in [-0.25, -0.2) is 0 Å². The second-order valence-corrected chi connectivity index (χ2v) is 3.02. The average molecular weight is 145 g/mol. The minimum atomic E-state index is 0.164. The zero-order chi connectivity index (χ0) is 8.15. The van der Waals surface area contributed by atoms with Crippen LogP contribution in [0.15, 0.2) is 0 Å². The maximum atomic E-state index is 5.55. The molecule has 0 aromatic carbocycles. The van der Waals surface area contributed by atoms with Crippen LogP contribution >= 0.6 is 0 Å². The first kappa shape index (κ1) is 9.92. The van der Waals surface area contributed by atoms with Gasteiger partial charge in [0.2, 0.25) is 0 Å². The highest BCUT2D eigenvalue weighted by Crippen LogP contribution is 2.06. The molecule has 0 radical (unpaired) electrons. The van der Waals surface area contributed by atoms with E-state index in [2.05, 4.69) is 26.1 Å². The Labute approximate surface area is 64.0 Å². The van der Waals surface area contributed by atoms with Gasteiger partial charge in [-0.15, -0.1) is 0 Å². The topological polar surface area (TPSA) is 21.3 Å². The molecule has 0 aliphatic rings. The van der Waals surface area contributed by atoms with E-state index in [0.717, 1.165) is 0 Å². The normalized spacial score (nSPS) is 17.4. The van der Waals surface area contributed by atoms with E-state index in [1.807, 2.05) is 14.0 Å². The second-order valence-electron chi connectivity index (χ2n) is 3.02. The van der Waals surface area contributed by atoms with Crippen molar-refractivity contribution in [3.05, 3.63) is 0 Å². The molecule has 0 aromatic rings. The third kappa shape index (κ3) is 3.85. The van der Waals surface area contributed by atoms with Crippen LogP contribution in [0.4, 0.5) is 0 Å². The van der Waals surface area contributed by atoms with Crippen LogP contribution in [-0.4, -0.2) is 19.4 Å². The number of rotatable bonds is 4. The Morgan fingerprint density at radius 2 is 1.60 bits per heavy atom. The molecule has 2 nitrogen and oxygen atoms in total. The number of ether oxygens (including phenoxy) is 1. The van der Waals surface area contributed by atoms with Gasteiger partial charge < -0.3 is 4.74 Å². The van der Waals surface area contributed by atoms with Crippen molar-refractivity contribution in [1.82, 2.24) is 5.32 Å². The maximum absolute atomic E-state index is 5.55. The van der Waals surface area contributed by atoms with Gasteiger partial charge in [0.25, 0.3) is 0 Å². The van der Waals surface area contributed by atoms with Gasteiger partial charge in [0.1, 0.15) is 6.23 Å². The largest absolute Gasteiger partial charge is 0.360 e. The van der Waals surface area contributed by atoms with Crippen molar-refractivity contribution in [3.8, 4) is 0 Å². The third-order valence-electron chi connectivity index (χ3n) is 1.76. The predicted octanol–water partition coefficient (Wildman–Crippen LogP) is 1.61. The monoisotopic (exact) mass is 145 g/mol. The number of hydrogen-bond donors (Lipinski definition) is 1. The lowest BCUT2D eigenvalue weighted by Gasteiger charge is -2.21. The minimum absolute atomic E-state index is 0.164. The van der Waals surface area contributed by atoms with Crippen LogP contribution in [0.5, 0.6) is 0 Å². The molecule has 0 saturated heterocycles. The van der Waals surface area contributed by atoms with Crippen LogP contribution in [0.25, 0.3) is 0 Å². The smallest absolute Gasteiger partial charge is 0.105 e. The Morgan fingerprint density at radius 3 is 1.90 bits per heavy atom. The Bertz CT molecular complexity index is 83.3. The van der Waals surface area contributed by atoms with Crippen molar-refractivity contribution >= 4 is 0 Å². The number of hydrogen-bond acceptors (Lipinski definition) is 2. The summed E-state index contributed by atoms with van der Waals surface area (Å²) in [5.41, 5.74) is 0. The molecule has 0 aliphatic heterocycles. The molecule has 2 atom stereocenters. The summed E-state index contributed by atoms with van der Waals surface area (Å²) >= 11 is 0. The highest BCUT2D eigenvalue weighted by molar-refractivity contribution is 4.56. The summed E-state index contributed by atoms with van der Waals surface area (Å²) in [6.45, 7) is 8.43. The van der Waals surface area contributed by atoms with E-state index >= 15 is 0 Å². The molecule has 1 unspecified atom stereocenters. The molecule has 0 aromatic heterocycles. The average Bonchev–Trinajstić information content (AvgIpc) is 1.87. The van der Waals surface area contributed by atoms with Gasteiger partial charge in [-0.1, -0.05) is 13.8 Å². The van der Waals surface area contributed by atoms with E-state index in [-0.39, 0.29) is 6.23 Å². The van der Waals surface area contributed by atoms with Gasteiger partial charge in [0.05, 0.1) is 6.10 Å². The zero-order valence-corrected chi connectivity index (χ0v) is 7.64. The second kappa shape index (κ2) is 4.69. The molecule has 2 heteroatoms. The quantitative estimate of drug-likeness (QED) is 0.607. The van der Waals surface area contributed by atoms with E-state index in [9.17, 15) is 0 Å². The van der Waals surface area contributed by atoms with Crippen molar-refractivity contribution in [1.29, 1.82) is 0 Å². The first-order valence-corrected chi connectivity index (χ1v) is 3.90. The Hall–Kier alpha value is -0.0800. The standard InChI is InChI=1S/C8H19NO/c1-6(2)7(3)10-8(4)9-5/h6-9H,1-5H3/t7?,8-/m1/s1. The fourth-order valence-corrected chi connectivity index (χ4v) is 0.547. The third-order valence-corrected chi connectivity index (χ3v) is 1.76. The lowest BCUT2D eigenvalue weighted by atomic mass is 10.1. The van der Waals surface area contributed by atoms with E-state index in [1.54, 1.807) is 0 Å². The number of nitrogens with one attached hydrogen (secondary N) is 1. The highest BCUT2D eigenvalue weighted by Gasteiger charge is 2.09. The molecule has 0 aliphatic carbocycles. The van der Waals surface area contributed by atoms with E-state index in [0.29, 0.717) is 12.0 Å². The van der Waals surface area contributed by atoms with E-state index < -0.39 is 0 Å². The molecular formula is C8H19NO. The van der Waals surface area contributed by atoms with Crippen molar-refractivity contribution in [3.63, 3.8) is 0 Å². The van der Waals surface area contributed by atoms with Crippen LogP contribution in [0.3, 0.4) is 0 Å². The van der Waals surface area contributed by atoms with Gasteiger partial charge in [-0.2, -0.15) is 0 Å². The van der Waals surface area contributed by atoms with Gasteiger partial charge in [0.15, 0.2) is 0 Å². The Morgan fingerprint density at radius 1 is 1.10 bits per heavy atom. The van der Waals surface area contributed by atoms with Crippen LogP contribution in [-0.2, 0) is 4.74 Å². The van der Waals surface area contributed by atoms with E-state index in [4.69, 9.17) is 4.74 Å². The highest BCUT2D eigenvalue weighted by atomic mass is 16.5. The molecule has 0 spiro atoms. The molecule has 0 rings (SSSR count). The van der Waals surface area contributed by atoms with Crippen molar-refractivity contribution in [2.24, 2.45) is 5.92 Å². The maximum Gasteiger partial charge on any atom is 0.105 e. The molecule has 10 heavy (non-hydrogen) atoms. The molecule has 0 fully saturated rings. The lowest BCUT2D eigenvalue weighted by molar-refractivity contribution is -0.0283. The Kier molecular flexibility index (Phi) is 4.65. The summed E-state index contributed by atoms with van der Waals surface area (Å²) in [5, 5.41) is 3.03. The lowest BCUT2D eigenvalue weighted by Crippen LogP contribution is -2.30. The van der Waals surface area contributed by atoms with Gasteiger partial charge >= 0.3 is 0 Å². The van der Waals surface area contributed by atoms with Crippen LogP contribution < -0.4 is 5.32 Å².